The molecular formula is C15H23FN2. The van der Waals surface area contributed by atoms with Gasteiger partial charge in [-0.1, -0.05) is 25.0 Å². The molecule has 0 aliphatic heterocycles. The third-order valence-corrected chi connectivity index (χ3v) is 4.06. The Balaban J connectivity index is 1.99. The Morgan fingerprint density at radius 1 is 1.33 bits per heavy atom. The number of hydrogen-bond acceptors (Lipinski definition) is 2. The highest BCUT2D eigenvalue weighted by Crippen LogP contribution is 2.28. The van der Waals surface area contributed by atoms with Crippen LogP contribution < -0.4 is 5.73 Å². The van der Waals surface area contributed by atoms with E-state index >= 15 is 0 Å². The highest BCUT2D eigenvalue weighted by Gasteiger charge is 2.27. The lowest BCUT2D eigenvalue weighted by molar-refractivity contribution is 0.127. The molecule has 18 heavy (non-hydrogen) atoms. The molecule has 1 saturated carbocycles. The lowest BCUT2D eigenvalue weighted by atomic mass is 9.83. The zero-order valence-electron chi connectivity index (χ0n) is 11.1. The van der Waals surface area contributed by atoms with Crippen molar-refractivity contribution >= 4 is 0 Å². The van der Waals surface area contributed by atoms with Gasteiger partial charge in [0.15, 0.2) is 0 Å². The molecule has 2 rings (SSSR count). The first-order valence-electron chi connectivity index (χ1n) is 6.85. The summed E-state index contributed by atoms with van der Waals surface area (Å²) in [6.45, 7) is 1.57. The quantitative estimate of drug-likeness (QED) is 0.890. The van der Waals surface area contributed by atoms with Gasteiger partial charge in [-0.3, -0.25) is 4.90 Å². The number of nitrogens with zero attached hydrogens (tertiary/aromatic N) is 1. The van der Waals surface area contributed by atoms with Crippen LogP contribution in [0.3, 0.4) is 0 Å². The van der Waals surface area contributed by atoms with E-state index in [1.807, 2.05) is 6.07 Å². The fraction of sp³-hybridized carbons (Fsp3) is 0.600. The van der Waals surface area contributed by atoms with E-state index < -0.39 is 0 Å². The van der Waals surface area contributed by atoms with Gasteiger partial charge >= 0.3 is 0 Å². The lowest BCUT2D eigenvalue weighted by Crippen LogP contribution is -2.42. The van der Waals surface area contributed by atoms with E-state index in [1.165, 1.54) is 31.7 Å². The van der Waals surface area contributed by atoms with Crippen molar-refractivity contribution in [1.82, 2.24) is 4.90 Å². The monoisotopic (exact) mass is 250 g/mol. The number of nitrogens with two attached hydrogens (primary N) is 1. The third kappa shape index (κ3) is 3.30. The molecule has 1 aliphatic carbocycles. The van der Waals surface area contributed by atoms with Crippen molar-refractivity contribution in [1.29, 1.82) is 0 Å². The molecule has 1 aromatic carbocycles. The van der Waals surface area contributed by atoms with Crippen LogP contribution in [-0.4, -0.2) is 24.5 Å². The van der Waals surface area contributed by atoms with Crippen LogP contribution in [0.4, 0.5) is 4.39 Å². The maximum atomic E-state index is 13.2. The molecule has 100 valence electrons. The van der Waals surface area contributed by atoms with Gasteiger partial charge in [0.05, 0.1) is 0 Å². The van der Waals surface area contributed by atoms with Crippen LogP contribution in [0.2, 0.25) is 0 Å². The molecule has 3 heteroatoms. The summed E-state index contributed by atoms with van der Waals surface area (Å²) in [5.41, 5.74) is 6.90. The van der Waals surface area contributed by atoms with Gasteiger partial charge in [-0.15, -0.1) is 0 Å². The molecule has 0 aromatic heterocycles. The minimum atomic E-state index is -0.153. The Hall–Kier alpha value is -0.930. The van der Waals surface area contributed by atoms with E-state index in [2.05, 4.69) is 11.9 Å². The number of hydrogen-bond donors (Lipinski definition) is 1. The van der Waals surface area contributed by atoms with Crippen molar-refractivity contribution in [2.45, 2.75) is 38.3 Å². The Kier molecular flexibility index (Phi) is 4.72. The Bertz CT molecular complexity index is 381. The molecule has 0 bridgehead atoms. The second kappa shape index (κ2) is 6.30. The predicted octanol–water partition coefficient (Wildman–Crippen LogP) is 2.78. The van der Waals surface area contributed by atoms with Gasteiger partial charge in [-0.05, 0) is 50.0 Å². The molecule has 0 heterocycles. The van der Waals surface area contributed by atoms with Crippen molar-refractivity contribution < 1.29 is 4.39 Å². The highest BCUT2D eigenvalue weighted by molar-refractivity contribution is 5.16. The summed E-state index contributed by atoms with van der Waals surface area (Å²) in [4.78, 5) is 2.34. The maximum Gasteiger partial charge on any atom is 0.123 e. The molecule has 2 nitrogen and oxygen atoms in total. The van der Waals surface area contributed by atoms with Gasteiger partial charge in [0.25, 0.3) is 0 Å². The molecule has 0 saturated heterocycles. The van der Waals surface area contributed by atoms with E-state index in [0.717, 1.165) is 18.7 Å². The fourth-order valence-corrected chi connectivity index (χ4v) is 3.08. The van der Waals surface area contributed by atoms with Gasteiger partial charge in [0.1, 0.15) is 5.82 Å². The normalized spacial score (nSPS) is 24.4. The molecule has 1 fully saturated rings. The molecule has 2 N–H and O–H groups in total. The van der Waals surface area contributed by atoms with Crippen molar-refractivity contribution in [3.05, 3.63) is 35.6 Å². The topological polar surface area (TPSA) is 29.3 Å². The zero-order chi connectivity index (χ0) is 13.0. The molecule has 2 unspecified atom stereocenters. The predicted molar refractivity (Wildman–Crippen MR) is 72.7 cm³/mol. The second-order valence-electron chi connectivity index (χ2n) is 5.39. The fourth-order valence-electron chi connectivity index (χ4n) is 3.08. The minimum absolute atomic E-state index is 0.153. The van der Waals surface area contributed by atoms with Crippen LogP contribution in [0.15, 0.2) is 24.3 Å². The summed E-state index contributed by atoms with van der Waals surface area (Å²) in [6, 6.07) is 7.43. The summed E-state index contributed by atoms with van der Waals surface area (Å²) in [5, 5.41) is 0. The average Bonchev–Trinajstić information content (AvgIpc) is 2.38. The first-order valence-corrected chi connectivity index (χ1v) is 6.85. The van der Waals surface area contributed by atoms with Crippen LogP contribution in [-0.2, 0) is 6.54 Å². The summed E-state index contributed by atoms with van der Waals surface area (Å²) < 4.78 is 13.2. The molecule has 1 aromatic rings. The Morgan fingerprint density at radius 3 is 2.83 bits per heavy atom. The van der Waals surface area contributed by atoms with Crippen molar-refractivity contribution in [2.24, 2.45) is 11.7 Å². The second-order valence-corrected chi connectivity index (χ2v) is 5.39. The van der Waals surface area contributed by atoms with E-state index in [1.54, 1.807) is 12.1 Å². The van der Waals surface area contributed by atoms with Gasteiger partial charge in [-0.25, -0.2) is 4.39 Å². The summed E-state index contributed by atoms with van der Waals surface area (Å²) in [7, 11) is 2.13. The van der Waals surface area contributed by atoms with E-state index in [0.29, 0.717) is 12.0 Å². The zero-order valence-corrected chi connectivity index (χ0v) is 11.1. The summed E-state index contributed by atoms with van der Waals surface area (Å²) in [5.74, 6) is 0.442. The van der Waals surface area contributed by atoms with Crippen LogP contribution in [0.5, 0.6) is 0 Å². The third-order valence-electron chi connectivity index (χ3n) is 4.06. The molecule has 0 radical (unpaired) electrons. The standard InChI is InChI=1S/C15H23FN2/c1-18(11-12-5-4-7-14(16)9-12)15-8-3-2-6-13(15)10-17/h4-5,7,9,13,15H,2-3,6,8,10-11,17H2,1H3. The Labute approximate surface area is 109 Å². The molecular weight excluding hydrogens is 227 g/mol. The first-order chi connectivity index (χ1) is 8.70. The largest absolute Gasteiger partial charge is 0.330 e. The van der Waals surface area contributed by atoms with Gasteiger partial charge in [0.2, 0.25) is 0 Å². The lowest BCUT2D eigenvalue weighted by Gasteiger charge is -2.37. The molecule has 0 spiro atoms. The van der Waals surface area contributed by atoms with Crippen LogP contribution >= 0.6 is 0 Å². The van der Waals surface area contributed by atoms with Crippen LogP contribution in [0.1, 0.15) is 31.2 Å². The SMILES string of the molecule is CN(Cc1cccc(F)c1)C1CCCCC1CN. The molecule has 0 amide bonds. The van der Waals surface area contributed by atoms with E-state index in [-0.39, 0.29) is 5.82 Å². The van der Waals surface area contributed by atoms with Gasteiger partial charge in [0, 0.05) is 12.6 Å². The van der Waals surface area contributed by atoms with Gasteiger partial charge in [-0.2, -0.15) is 0 Å². The average molecular weight is 250 g/mol. The minimum Gasteiger partial charge on any atom is -0.330 e. The number of rotatable bonds is 4. The van der Waals surface area contributed by atoms with Crippen LogP contribution in [0, 0.1) is 11.7 Å². The van der Waals surface area contributed by atoms with Crippen molar-refractivity contribution in [3.63, 3.8) is 0 Å². The molecule has 1 aliphatic rings. The van der Waals surface area contributed by atoms with Crippen molar-refractivity contribution in [3.8, 4) is 0 Å². The van der Waals surface area contributed by atoms with E-state index in [9.17, 15) is 4.39 Å². The Morgan fingerprint density at radius 2 is 2.11 bits per heavy atom. The summed E-state index contributed by atoms with van der Waals surface area (Å²) in [6.07, 6.45) is 5.03. The number of halogens is 1. The smallest absolute Gasteiger partial charge is 0.123 e. The summed E-state index contributed by atoms with van der Waals surface area (Å²) >= 11 is 0. The van der Waals surface area contributed by atoms with Gasteiger partial charge < -0.3 is 5.73 Å². The van der Waals surface area contributed by atoms with E-state index in [4.69, 9.17) is 5.73 Å². The van der Waals surface area contributed by atoms with Crippen molar-refractivity contribution in [2.75, 3.05) is 13.6 Å². The maximum absolute atomic E-state index is 13.2. The highest BCUT2D eigenvalue weighted by atomic mass is 19.1. The number of benzene rings is 1. The van der Waals surface area contributed by atoms with Crippen LogP contribution in [0.25, 0.3) is 0 Å². The molecule has 2 atom stereocenters. The first kappa shape index (κ1) is 13.5.